The van der Waals surface area contributed by atoms with Gasteiger partial charge in [-0.05, 0) is 37.6 Å². The van der Waals surface area contributed by atoms with E-state index in [1.807, 2.05) is 24.0 Å². The maximum absolute atomic E-state index is 12.5. The van der Waals surface area contributed by atoms with E-state index < -0.39 is 0 Å². The number of rotatable bonds is 7. The number of aromatic amines is 1. The molecule has 2 amide bonds. The molecule has 1 fully saturated rings. The van der Waals surface area contributed by atoms with E-state index in [-0.39, 0.29) is 42.6 Å². The lowest BCUT2D eigenvalue weighted by Crippen LogP contribution is -2.35. The number of amides is 2. The fourth-order valence-electron chi connectivity index (χ4n) is 3.37. The minimum Gasteiger partial charge on any atom is -0.339 e. The number of halogens is 1. The standard InChI is InChI=1S/C19H26N6O2.ClH/c1-3-4-12(2)25-11-14(9-17(25)26)19(27)21-15-7-5-13(6-8-15)18-22-16(10-20)23-24-18;/h5-8,12,14H,3-4,9-11,20H2,1-2H3,(H,21,27)(H,22,23,24);1H. The topological polar surface area (TPSA) is 117 Å². The third-order valence-electron chi connectivity index (χ3n) is 4.90. The summed E-state index contributed by atoms with van der Waals surface area (Å²) < 4.78 is 0. The van der Waals surface area contributed by atoms with Crippen molar-refractivity contribution >= 4 is 29.9 Å². The predicted octanol–water partition coefficient (Wildman–Crippen LogP) is 2.33. The van der Waals surface area contributed by atoms with Gasteiger partial charge in [-0.1, -0.05) is 13.3 Å². The van der Waals surface area contributed by atoms with Crippen LogP contribution in [-0.4, -0.2) is 44.5 Å². The van der Waals surface area contributed by atoms with E-state index in [1.54, 1.807) is 12.1 Å². The van der Waals surface area contributed by atoms with Gasteiger partial charge in [0, 0.05) is 30.3 Å². The number of hydrogen-bond acceptors (Lipinski definition) is 5. The van der Waals surface area contributed by atoms with Gasteiger partial charge < -0.3 is 16.0 Å². The summed E-state index contributed by atoms with van der Waals surface area (Å²) in [6.07, 6.45) is 2.25. The van der Waals surface area contributed by atoms with E-state index in [1.165, 1.54) is 0 Å². The Morgan fingerprint density at radius 3 is 2.71 bits per heavy atom. The van der Waals surface area contributed by atoms with E-state index in [2.05, 4.69) is 27.4 Å². The average Bonchev–Trinajstić information content (AvgIpc) is 3.29. The summed E-state index contributed by atoms with van der Waals surface area (Å²) in [7, 11) is 0. The largest absolute Gasteiger partial charge is 0.339 e. The van der Waals surface area contributed by atoms with Crippen LogP contribution >= 0.6 is 12.4 Å². The zero-order chi connectivity index (χ0) is 19.4. The highest BCUT2D eigenvalue weighted by atomic mass is 35.5. The van der Waals surface area contributed by atoms with Gasteiger partial charge in [-0.15, -0.1) is 12.4 Å². The summed E-state index contributed by atoms with van der Waals surface area (Å²) in [5.41, 5.74) is 7.05. The van der Waals surface area contributed by atoms with Crippen molar-refractivity contribution in [3.63, 3.8) is 0 Å². The van der Waals surface area contributed by atoms with Gasteiger partial charge in [-0.3, -0.25) is 14.7 Å². The zero-order valence-electron chi connectivity index (χ0n) is 16.1. The summed E-state index contributed by atoms with van der Waals surface area (Å²) in [6, 6.07) is 7.47. The highest BCUT2D eigenvalue weighted by molar-refractivity contribution is 5.97. The van der Waals surface area contributed by atoms with Crippen LogP contribution in [-0.2, 0) is 16.1 Å². The summed E-state index contributed by atoms with van der Waals surface area (Å²) in [5.74, 6) is 0.819. The average molecular weight is 407 g/mol. The number of benzene rings is 1. The number of carbonyl (C=O) groups excluding carboxylic acids is 2. The molecular weight excluding hydrogens is 380 g/mol. The second kappa shape index (κ2) is 9.66. The first-order chi connectivity index (χ1) is 13.0. The van der Waals surface area contributed by atoms with Crippen LogP contribution in [0.3, 0.4) is 0 Å². The number of carbonyl (C=O) groups is 2. The van der Waals surface area contributed by atoms with Gasteiger partial charge in [0.2, 0.25) is 11.8 Å². The molecule has 3 rings (SSSR count). The summed E-state index contributed by atoms with van der Waals surface area (Å²) >= 11 is 0. The number of likely N-dealkylation sites (tertiary alicyclic amines) is 1. The highest BCUT2D eigenvalue weighted by Crippen LogP contribution is 2.24. The van der Waals surface area contributed by atoms with Crippen LogP contribution in [0.15, 0.2) is 24.3 Å². The Morgan fingerprint density at radius 1 is 1.39 bits per heavy atom. The molecule has 2 heterocycles. The molecule has 2 aromatic rings. The molecule has 4 N–H and O–H groups in total. The van der Waals surface area contributed by atoms with E-state index in [0.717, 1.165) is 18.4 Å². The molecule has 9 heteroatoms. The normalized spacial score (nSPS) is 17.3. The number of H-pyrrole nitrogens is 1. The van der Waals surface area contributed by atoms with Gasteiger partial charge in [0.15, 0.2) is 5.82 Å². The van der Waals surface area contributed by atoms with E-state index in [0.29, 0.717) is 30.4 Å². The quantitative estimate of drug-likeness (QED) is 0.652. The molecule has 0 bridgehead atoms. The number of hydrogen-bond donors (Lipinski definition) is 3. The van der Waals surface area contributed by atoms with Crippen LogP contribution in [0.2, 0.25) is 0 Å². The highest BCUT2D eigenvalue weighted by Gasteiger charge is 2.36. The molecule has 2 unspecified atom stereocenters. The Labute approximate surface area is 170 Å². The van der Waals surface area contributed by atoms with Crippen molar-refractivity contribution in [2.75, 3.05) is 11.9 Å². The van der Waals surface area contributed by atoms with Crippen LogP contribution in [0.25, 0.3) is 11.4 Å². The van der Waals surface area contributed by atoms with Gasteiger partial charge in [-0.25, -0.2) is 4.98 Å². The number of aromatic nitrogens is 3. The Morgan fingerprint density at radius 2 is 2.11 bits per heavy atom. The molecule has 2 atom stereocenters. The van der Waals surface area contributed by atoms with Gasteiger partial charge in [0.25, 0.3) is 0 Å². The maximum atomic E-state index is 12.5. The number of nitrogens with two attached hydrogens (primary N) is 1. The summed E-state index contributed by atoms with van der Waals surface area (Å²) in [4.78, 5) is 30.9. The Bertz CT molecular complexity index is 807. The Kier molecular flexibility index (Phi) is 7.53. The Hall–Kier alpha value is -2.45. The van der Waals surface area contributed by atoms with E-state index >= 15 is 0 Å². The van der Waals surface area contributed by atoms with Crippen molar-refractivity contribution in [1.29, 1.82) is 0 Å². The summed E-state index contributed by atoms with van der Waals surface area (Å²) in [5, 5.41) is 9.79. The van der Waals surface area contributed by atoms with Crippen molar-refractivity contribution < 1.29 is 9.59 Å². The molecule has 8 nitrogen and oxygen atoms in total. The maximum Gasteiger partial charge on any atom is 0.229 e. The molecule has 152 valence electrons. The second-order valence-electron chi connectivity index (χ2n) is 6.96. The monoisotopic (exact) mass is 406 g/mol. The van der Waals surface area contributed by atoms with Crippen LogP contribution in [0.1, 0.15) is 38.9 Å². The molecule has 1 aliphatic heterocycles. The van der Waals surface area contributed by atoms with Crippen LogP contribution in [0.5, 0.6) is 0 Å². The molecule has 1 aromatic carbocycles. The fraction of sp³-hybridized carbons (Fsp3) is 0.474. The number of nitrogens with zero attached hydrogens (tertiary/aromatic N) is 3. The molecule has 0 saturated carbocycles. The lowest BCUT2D eigenvalue weighted by Gasteiger charge is -2.24. The van der Waals surface area contributed by atoms with Crippen molar-refractivity contribution in [2.24, 2.45) is 11.7 Å². The van der Waals surface area contributed by atoms with Gasteiger partial charge >= 0.3 is 0 Å². The molecule has 1 aliphatic rings. The van der Waals surface area contributed by atoms with Crippen LogP contribution in [0, 0.1) is 5.92 Å². The number of anilines is 1. The second-order valence-corrected chi connectivity index (χ2v) is 6.96. The lowest BCUT2D eigenvalue weighted by molar-refractivity contribution is -0.129. The van der Waals surface area contributed by atoms with Gasteiger partial charge in [0.05, 0.1) is 12.5 Å². The van der Waals surface area contributed by atoms with Crippen molar-refractivity contribution in [3.8, 4) is 11.4 Å². The molecule has 0 radical (unpaired) electrons. The Balaban J connectivity index is 0.00000280. The first-order valence-electron chi connectivity index (χ1n) is 9.34. The van der Waals surface area contributed by atoms with Crippen molar-refractivity contribution in [1.82, 2.24) is 20.1 Å². The molecule has 1 saturated heterocycles. The predicted molar refractivity (Wildman–Crippen MR) is 110 cm³/mol. The number of nitrogens with one attached hydrogen (secondary N) is 2. The first kappa shape index (κ1) is 21.8. The van der Waals surface area contributed by atoms with Gasteiger partial charge in [-0.2, -0.15) is 5.10 Å². The lowest BCUT2D eigenvalue weighted by atomic mass is 10.1. The van der Waals surface area contributed by atoms with Gasteiger partial charge in [0.1, 0.15) is 5.82 Å². The molecular formula is C19H27ClN6O2. The third-order valence-corrected chi connectivity index (χ3v) is 4.90. The fourth-order valence-corrected chi connectivity index (χ4v) is 3.37. The molecule has 28 heavy (non-hydrogen) atoms. The minimum atomic E-state index is -0.309. The zero-order valence-corrected chi connectivity index (χ0v) is 17.0. The van der Waals surface area contributed by atoms with E-state index in [4.69, 9.17) is 5.73 Å². The molecule has 0 aliphatic carbocycles. The summed E-state index contributed by atoms with van der Waals surface area (Å²) in [6.45, 7) is 4.93. The van der Waals surface area contributed by atoms with Crippen molar-refractivity contribution in [2.45, 2.75) is 45.7 Å². The molecule has 0 spiro atoms. The molecule has 1 aromatic heterocycles. The van der Waals surface area contributed by atoms with E-state index in [9.17, 15) is 9.59 Å². The van der Waals surface area contributed by atoms with Crippen molar-refractivity contribution in [3.05, 3.63) is 30.1 Å². The van der Waals surface area contributed by atoms with Crippen LogP contribution < -0.4 is 11.1 Å². The minimum absolute atomic E-state index is 0. The smallest absolute Gasteiger partial charge is 0.229 e. The van der Waals surface area contributed by atoms with Crippen LogP contribution in [0.4, 0.5) is 5.69 Å². The SMILES string of the molecule is CCCC(C)N1CC(C(=O)Nc2ccc(-c3n[nH]c(CN)n3)cc2)CC1=O.Cl. The third kappa shape index (κ3) is 4.88. The first-order valence-corrected chi connectivity index (χ1v) is 9.34.